The summed E-state index contributed by atoms with van der Waals surface area (Å²) in [7, 11) is 0. The lowest BCUT2D eigenvalue weighted by atomic mass is 9.84. The van der Waals surface area contributed by atoms with Gasteiger partial charge in [0.1, 0.15) is 19.0 Å². The number of anilines is 1. The summed E-state index contributed by atoms with van der Waals surface area (Å²) in [6.45, 7) is 4.11. The van der Waals surface area contributed by atoms with Gasteiger partial charge in [-0.05, 0) is 35.9 Å². The highest BCUT2D eigenvalue weighted by molar-refractivity contribution is 6.31. The summed E-state index contributed by atoms with van der Waals surface area (Å²) in [6, 6.07) is 14.4. The monoisotopic (exact) mass is 395 g/mol. The summed E-state index contributed by atoms with van der Waals surface area (Å²) in [5.41, 5.74) is 2.62. The molecule has 0 fully saturated rings. The maximum atomic E-state index is 13.0. The van der Waals surface area contributed by atoms with Crippen molar-refractivity contribution >= 4 is 29.2 Å². The molecule has 2 aliphatic rings. The molecule has 0 spiro atoms. The minimum atomic E-state index is -0.383. The molecule has 1 amide bonds. The second-order valence-corrected chi connectivity index (χ2v) is 7.01. The van der Waals surface area contributed by atoms with Crippen molar-refractivity contribution in [2.75, 3.05) is 18.1 Å². The number of esters is 1. The number of halogens is 1. The van der Waals surface area contributed by atoms with Gasteiger partial charge in [0.15, 0.2) is 0 Å². The molecule has 5 nitrogen and oxygen atoms in total. The van der Waals surface area contributed by atoms with E-state index in [-0.39, 0.29) is 30.8 Å². The Hall–Kier alpha value is -3.05. The standard InChI is InChI=1S/C22H18ClNO4/c1-2-10-27-17-8-6-14(7-9-17)18-12-20(25)24(16-5-3-4-15(23)11-16)19-13-28-22(26)21(18)19/h2-9,11,18H,1,10,12-13H2/t18-/m0/s1. The maximum absolute atomic E-state index is 13.0. The van der Waals surface area contributed by atoms with Crippen LogP contribution in [0.25, 0.3) is 0 Å². The predicted octanol–water partition coefficient (Wildman–Crippen LogP) is 4.24. The Morgan fingerprint density at radius 3 is 2.71 bits per heavy atom. The fourth-order valence-electron chi connectivity index (χ4n) is 3.61. The van der Waals surface area contributed by atoms with Crippen LogP contribution < -0.4 is 9.64 Å². The number of benzene rings is 2. The van der Waals surface area contributed by atoms with Crippen molar-refractivity contribution in [3.8, 4) is 5.75 Å². The van der Waals surface area contributed by atoms with E-state index in [2.05, 4.69) is 6.58 Å². The lowest BCUT2D eigenvalue weighted by Crippen LogP contribution is -2.37. The molecule has 2 aromatic carbocycles. The zero-order valence-electron chi connectivity index (χ0n) is 15.1. The van der Waals surface area contributed by atoms with Crippen LogP contribution >= 0.6 is 11.6 Å². The van der Waals surface area contributed by atoms with Gasteiger partial charge in [-0.15, -0.1) is 0 Å². The summed E-state index contributed by atoms with van der Waals surface area (Å²) in [5, 5.41) is 0.523. The summed E-state index contributed by atoms with van der Waals surface area (Å²) in [6.07, 6.45) is 1.84. The fraction of sp³-hybridized carbons (Fsp3) is 0.182. The van der Waals surface area contributed by atoms with Crippen molar-refractivity contribution < 1.29 is 19.1 Å². The average molecular weight is 396 g/mol. The number of carbonyl (C=O) groups is 2. The summed E-state index contributed by atoms with van der Waals surface area (Å²) in [4.78, 5) is 27.0. The fourth-order valence-corrected chi connectivity index (χ4v) is 3.79. The van der Waals surface area contributed by atoms with Crippen LogP contribution in [0.15, 0.2) is 72.5 Å². The third-order valence-electron chi connectivity index (χ3n) is 4.83. The lowest BCUT2D eigenvalue weighted by molar-refractivity contribution is -0.136. The molecule has 2 aromatic rings. The number of amides is 1. The van der Waals surface area contributed by atoms with E-state index in [1.54, 1.807) is 35.2 Å². The van der Waals surface area contributed by atoms with E-state index >= 15 is 0 Å². The molecule has 0 aromatic heterocycles. The number of nitrogens with zero attached hydrogens (tertiary/aromatic N) is 1. The summed E-state index contributed by atoms with van der Waals surface area (Å²) >= 11 is 6.09. The van der Waals surface area contributed by atoms with Crippen LogP contribution in [-0.4, -0.2) is 25.1 Å². The second kappa shape index (κ2) is 7.52. The van der Waals surface area contributed by atoms with Crippen molar-refractivity contribution in [1.82, 2.24) is 0 Å². The van der Waals surface area contributed by atoms with E-state index < -0.39 is 0 Å². The Morgan fingerprint density at radius 2 is 2.00 bits per heavy atom. The summed E-state index contributed by atoms with van der Waals surface area (Å²) < 4.78 is 10.8. The highest BCUT2D eigenvalue weighted by Gasteiger charge is 2.42. The first-order chi connectivity index (χ1) is 13.6. The minimum absolute atomic E-state index is 0.0729. The van der Waals surface area contributed by atoms with Crippen LogP contribution in [0, 0.1) is 0 Å². The van der Waals surface area contributed by atoms with E-state index in [1.165, 1.54) is 0 Å². The van der Waals surface area contributed by atoms with Crippen molar-refractivity contribution in [2.24, 2.45) is 0 Å². The van der Waals surface area contributed by atoms with Gasteiger partial charge in [0.05, 0.1) is 17.0 Å². The molecule has 0 unspecified atom stereocenters. The van der Waals surface area contributed by atoms with Crippen LogP contribution in [0.5, 0.6) is 5.75 Å². The van der Waals surface area contributed by atoms with E-state index in [9.17, 15) is 9.59 Å². The van der Waals surface area contributed by atoms with Crippen molar-refractivity contribution in [3.63, 3.8) is 0 Å². The quantitative estimate of drug-likeness (QED) is 0.561. The Morgan fingerprint density at radius 1 is 1.21 bits per heavy atom. The van der Waals surface area contributed by atoms with Crippen LogP contribution in [0.1, 0.15) is 17.9 Å². The van der Waals surface area contributed by atoms with Gasteiger partial charge >= 0.3 is 5.97 Å². The molecular weight excluding hydrogens is 378 g/mol. The number of hydrogen-bond acceptors (Lipinski definition) is 4. The van der Waals surface area contributed by atoms with Gasteiger partial charge < -0.3 is 9.47 Å². The smallest absolute Gasteiger partial charge is 0.336 e. The third-order valence-corrected chi connectivity index (χ3v) is 5.07. The molecule has 0 radical (unpaired) electrons. The Labute approximate surface area is 167 Å². The Balaban J connectivity index is 1.72. The highest BCUT2D eigenvalue weighted by Crippen LogP contribution is 2.42. The average Bonchev–Trinajstić information content (AvgIpc) is 3.07. The molecule has 2 heterocycles. The maximum Gasteiger partial charge on any atom is 0.336 e. The lowest BCUT2D eigenvalue weighted by Gasteiger charge is -2.32. The van der Waals surface area contributed by atoms with E-state index in [1.807, 2.05) is 24.3 Å². The summed E-state index contributed by atoms with van der Waals surface area (Å²) in [5.74, 6) is -0.126. The predicted molar refractivity (Wildman–Crippen MR) is 106 cm³/mol. The van der Waals surface area contributed by atoms with Crippen LogP contribution in [0.4, 0.5) is 5.69 Å². The normalized spacial score (nSPS) is 18.8. The molecule has 0 aliphatic carbocycles. The largest absolute Gasteiger partial charge is 0.490 e. The zero-order valence-corrected chi connectivity index (χ0v) is 15.8. The van der Waals surface area contributed by atoms with E-state index in [0.29, 0.717) is 34.3 Å². The van der Waals surface area contributed by atoms with E-state index in [0.717, 1.165) is 5.56 Å². The topological polar surface area (TPSA) is 55.8 Å². The molecule has 0 saturated heterocycles. The second-order valence-electron chi connectivity index (χ2n) is 6.57. The zero-order chi connectivity index (χ0) is 19.7. The SMILES string of the molecule is C=CCOc1ccc([C@@H]2CC(=O)N(c3cccc(Cl)c3)C3=C2C(=O)OC3)cc1. The van der Waals surface area contributed by atoms with Crippen molar-refractivity contribution in [1.29, 1.82) is 0 Å². The number of rotatable bonds is 5. The molecule has 142 valence electrons. The van der Waals surface area contributed by atoms with Crippen LogP contribution in [0.3, 0.4) is 0 Å². The van der Waals surface area contributed by atoms with Gasteiger partial charge in [-0.25, -0.2) is 4.79 Å². The number of ether oxygens (including phenoxy) is 2. The molecule has 6 heteroatoms. The first kappa shape index (κ1) is 18.3. The first-order valence-electron chi connectivity index (χ1n) is 8.91. The molecule has 28 heavy (non-hydrogen) atoms. The van der Waals surface area contributed by atoms with Gasteiger partial charge in [-0.1, -0.05) is 42.5 Å². The van der Waals surface area contributed by atoms with Crippen LogP contribution in [0.2, 0.25) is 5.02 Å². The van der Waals surface area contributed by atoms with E-state index in [4.69, 9.17) is 21.1 Å². The van der Waals surface area contributed by atoms with Gasteiger partial charge in [0.25, 0.3) is 0 Å². The molecule has 2 aliphatic heterocycles. The number of hydrogen-bond donors (Lipinski definition) is 0. The first-order valence-corrected chi connectivity index (χ1v) is 9.28. The van der Waals surface area contributed by atoms with Gasteiger partial charge in [0.2, 0.25) is 5.91 Å². The molecule has 1 atom stereocenters. The van der Waals surface area contributed by atoms with Crippen molar-refractivity contribution in [3.05, 3.63) is 83.0 Å². The van der Waals surface area contributed by atoms with Gasteiger partial charge in [-0.3, -0.25) is 9.69 Å². The molecule has 0 saturated carbocycles. The molecule has 4 rings (SSSR count). The number of cyclic esters (lactones) is 1. The molecular formula is C22H18ClNO4. The molecule has 0 bridgehead atoms. The molecule has 0 N–H and O–H groups in total. The van der Waals surface area contributed by atoms with Crippen LogP contribution in [-0.2, 0) is 14.3 Å². The Bertz CT molecular complexity index is 980. The van der Waals surface area contributed by atoms with Gasteiger partial charge in [0, 0.05) is 17.4 Å². The highest BCUT2D eigenvalue weighted by atomic mass is 35.5. The Kier molecular flexibility index (Phi) is 4.92. The number of carbonyl (C=O) groups excluding carboxylic acids is 2. The minimum Gasteiger partial charge on any atom is -0.490 e. The third kappa shape index (κ3) is 3.29. The van der Waals surface area contributed by atoms with Crippen molar-refractivity contribution in [2.45, 2.75) is 12.3 Å². The van der Waals surface area contributed by atoms with Gasteiger partial charge in [-0.2, -0.15) is 0 Å².